The number of rotatable bonds is 6. The van der Waals surface area contributed by atoms with E-state index in [9.17, 15) is 14.4 Å². The lowest BCUT2D eigenvalue weighted by Crippen LogP contribution is -2.37. The van der Waals surface area contributed by atoms with Crippen LogP contribution in [0.15, 0.2) is 50.9 Å². The topological polar surface area (TPSA) is 127 Å². The van der Waals surface area contributed by atoms with Crippen molar-refractivity contribution >= 4 is 74.6 Å². The van der Waals surface area contributed by atoms with Gasteiger partial charge in [-0.2, -0.15) is 4.98 Å². The van der Waals surface area contributed by atoms with Crippen LogP contribution in [0.25, 0.3) is 17.2 Å². The second-order valence-electron chi connectivity index (χ2n) is 8.66. The second kappa shape index (κ2) is 10.7. The van der Waals surface area contributed by atoms with Crippen molar-refractivity contribution in [3.63, 3.8) is 0 Å². The lowest BCUT2D eigenvalue weighted by Gasteiger charge is -2.13. The van der Waals surface area contributed by atoms with E-state index in [1.54, 1.807) is 42.5 Å². The number of ether oxygens (including phenoxy) is 2. The fourth-order valence-corrected chi connectivity index (χ4v) is 5.63. The Morgan fingerprint density at radius 3 is 2.48 bits per heavy atom. The maximum Gasteiger partial charge on any atom is 0.332 e. The molecule has 0 atom stereocenters. The van der Waals surface area contributed by atoms with Gasteiger partial charge in [0.2, 0.25) is 0 Å². The Morgan fingerprint density at radius 2 is 1.82 bits per heavy atom. The van der Waals surface area contributed by atoms with Crippen molar-refractivity contribution in [3.8, 4) is 17.5 Å². The van der Waals surface area contributed by atoms with Crippen LogP contribution >= 0.6 is 47.2 Å². The predicted molar refractivity (Wildman–Crippen MR) is 158 cm³/mol. The molecule has 2 aromatic heterocycles. The van der Waals surface area contributed by atoms with Crippen LogP contribution in [-0.4, -0.2) is 41.0 Å². The third-order valence-corrected chi connectivity index (χ3v) is 8.08. The minimum Gasteiger partial charge on any atom is -0.493 e. The number of carbonyl (C=O) groups excluding carboxylic acids is 1. The fraction of sp³-hybridized carbons (Fsp3) is 0.160. The average molecular weight is 620 g/mol. The maximum absolute atomic E-state index is 13.2. The molecule has 1 fully saturated rings. The van der Waals surface area contributed by atoms with Gasteiger partial charge >= 0.3 is 11.7 Å². The first-order valence-electron chi connectivity index (χ1n) is 11.5. The molecule has 0 unspecified atom stereocenters. The van der Waals surface area contributed by atoms with Gasteiger partial charge in [0.15, 0.2) is 27.0 Å². The van der Waals surface area contributed by atoms with E-state index in [-0.39, 0.29) is 33.8 Å². The van der Waals surface area contributed by atoms with E-state index < -0.39 is 17.2 Å². The Bertz CT molecular complexity index is 1880. The van der Waals surface area contributed by atoms with Crippen molar-refractivity contribution in [2.24, 2.45) is 19.9 Å². The summed E-state index contributed by atoms with van der Waals surface area (Å²) in [5, 5.41) is 1.75. The molecule has 4 aromatic rings. The third-order valence-electron chi connectivity index (χ3n) is 6.17. The molecule has 0 aliphatic carbocycles. The summed E-state index contributed by atoms with van der Waals surface area (Å²) in [7, 11) is 4.36. The zero-order valence-electron chi connectivity index (χ0n) is 21.2. The molecule has 1 saturated heterocycles. The molecule has 3 heterocycles. The third kappa shape index (κ3) is 4.90. The van der Waals surface area contributed by atoms with Gasteiger partial charge in [-0.3, -0.25) is 23.3 Å². The summed E-state index contributed by atoms with van der Waals surface area (Å²) in [6.07, 6.45) is 1.63. The number of amides is 1. The summed E-state index contributed by atoms with van der Waals surface area (Å²) in [6, 6.07) is 10.0. The van der Waals surface area contributed by atoms with Gasteiger partial charge in [0, 0.05) is 24.1 Å². The predicted octanol–water partition coefficient (Wildman–Crippen LogP) is 3.66. The SMILES string of the molecule is COc1cc(/C=C2\SC(=S)N(N)C2=O)ccc1Oc1nc2c(c(=O)n(C)c(=O)n2C)n1Cc1ccc(Cl)cc1Cl. The highest BCUT2D eigenvalue weighted by Gasteiger charge is 2.30. The number of nitrogens with zero attached hydrogens (tertiary/aromatic N) is 5. The molecule has 0 saturated carbocycles. The van der Waals surface area contributed by atoms with Crippen LogP contribution in [0.3, 0.4) is 0 Å². The van der Waals surface area contributed by atoms with Crippen molar-refractivity contribution in [1.82, 2.24) is 23.7 Å². The Labute approximate surface area is 246 Å². The first-order chi connectivity index (χ1) is 19.0. The normalized spacial score (nSPS) is 14.6. The number of carbonyl (C=O) groups is 1. The summed E-state index contributed by atoms with van der Waals surface area (Å²) in [5.41, 5.74) is 0.465. The molecule has 1 aliphatic rings. The summed E-state index contributed by atoms with van der Waals surface area (Å²) in [5.74, 6) is 5.84. The molecule has 206 valence electrons. The van der Waals surface area contributed by atoms with Crippen molar-refractivity contribution < 1.29 is 14.3 Å². The standard InChI is InChI=1S/C25H20Cl2N6O5S2/c1-30-20-19(22(35)31(2)24(30)36)32(11-13-5-6-14(26)10-15(13)27)23(29-20)38-16-7-4-12(8-17(16)37-3)9-18-21(34)33(28)25(39)40-18/h4-10H,11,28H2,1-3H3/b18-9-. The van der Waals surface area contributed by atoms with E-state index in [2.05, 4.69) is 4.98 Å². The number of aromatic nitrogens is 4. The molecule has 5 rings (SSSR count). The smallest absolute Gasteiger partial charge is 0.332 e. The second-order valence-corrected chi connectivity index (χ2v) is 11.2. The molecule has 0 spiro atoms. The Kier molecular flexibility index (Phi) is 7.50. The fourth-order valence-electron chi connectivity index (χ4n) is 4.06. The number of fused-ring (bicyclic) bond motifs is 1. The quantitative estimate of drug-likeness (QED) is 0.149. The largest absolute Gasteiger partial charge is 0.493 e. The van der Waals surface area contributed by atoms with Gasteiger partial charge in [0.25, 0.3) is 11.5 Å². The molecule has 2 aromatic carbocycles. The van der Waals surface area contributed by atoms with Gasteiger partial charge in [-0.1, -0.05) is 59.3 Å². The first-order valence-corrected chi connectivity index (χ1v) is 13.5. The highest BCUT2D eigenvalue weighted by Crippen LogP contribution is 2.36. The van der Waals surface area contributed by atoms with Crippen LogP contribution in [0.2, 0.25) is 10.0 Å². The number of nitrogens with two attached hydrogens (primary N) is 1. The van der Waals surface area contributed by atoms with E-state index in [0.717, 1.165) is 21.3 Å². The molecule has 2 N–H and O–H groups in total. The van der Waals surface area contributed by atoms with Crippen LogP contribution in [0, 0.1) is 0 Å². The minimum absolute atomic E-state index is 0.0226. The monoisotopic (exact) mass is 618 g/mol. The van der Waals surface area contributed by atoms with Gasteiger partial charge in [-0.15, -0.1) is 0 Å². The van der Waals surface area contributed by atoms with E-state index >= 15 is 0 Å². The first kappa shape index (κ1) is 27.9. The summed E-state index contributed by atoms with van der Waals surface area (Å²) < 4.78 is 15.8. The van der Waals surface area contributed by atoms with Crippen molar-refractivity contribution in [2.75, 3.05) is 7.11 Å². The molecular formula is C25H20Cl2N6O5S2. The lowest BCUT2D eigenvalue weighted by atomic mass is 10.2. The van der Waals surface area contributed by atoms with Gasteiger partial charge in [0.1, 0.15) is 0 Å². The zero-order chi connectivity index (χ0) is 28.9. The highest BCUT2D eigenvalue weighted by molar-refractivity contribution is 8.26. The summed E-state index contributed by atoms with van der Waals surface area (Å²) in [6.45, 7) is 0.0939. The van der Waals surface area contributed by atoms with Crippen LogP contribution in [0.5, 0.6) is 17.5 Å². The lowest BCUT2D eigenvalue weighted by molar-refractivity contribution is -0.122. The van der Waals surface area contributed by atoms with E-state index in [0.29, 0.717) is 31.8 Å². The number of hydrogen-bond acceptors (Lipinski definition) is 9. The van der Waals surface area contributed by atoms with Gasteiger partial charge in [-0.25, -0.2) is 15.6 Å². The molecule has 1 amide bonds. The minimum atomic E-state index is -0.551. The summed E-state index contributed by atoms with van der Waals surface area (Å²) >= 11 is 18.7. The molecule has 0 bridgehead atoms. The van der Waals surface area contributed by atoms with Crippen LogP contribution in [0.4, 0.5) is 0 Å². The molecule has 15 heteroatoms. The van der Waals surface area contributed by atoms with E-state index in [1.807, 2.05) is 0 Å². The number of methoxy groups -OCH3 is 1. The number of thiocarbonyl (C=S) groups is 1. The number of thioether (sulfide) groups is 1. The van der Waals surface area contributed by atoms with Crippen molar-refractivity contribution in [1.29, 1.82) is 0 Å². The van der Waals surface area contributed by atoms with Crippen LogP contribution in [0.1, 0.15) is 11.1 Å². The highest BCUT2D eigenvalue weighted by atomic mass is 35.5. The molecule has 11 nitrogen and oxygen atoms in total. The maximum atomic E-state index is 13.2. The van der Waals surface area contributed by atoms with Crippen molar-refractivity contribution in [3.05, 3.63) is 83.3 Å². The Morgan fingerprint density at radius 1 is 1.07 bits per heavy atom. The Hall–Kier alpha value is -3.62. The zero-order valence-corrected chi connectivity index (χ0v) is 24.3. The van der Waals surface area contributed by atoms with Crippen LogP contribution < -0.4 is 26.6 Å². The van der Waals surface area contributed by atoms with E-state index in [4.69, 9.17) is 50.7 Å². The molecular weight excluding hydrogens is 599 g/mol. The summed E-state index contributed by atoms with van der Waals surface area (Å²) in [4.78, 5) is 43.0. The number of halogens is 2. The van der Waals surface area contributed by atoms with Gasteiger partial charge in [0.05, 0.1) is 18.6 Å². The van der Waals surface area contributed by atoms with Crippen LogP contribution in [-0.2, 0) is 25.4 Å². The van der Waals surface area contributed by atoms with E-state index in [1.165, 1.54) is 30.3 Å². The molecule has 1 aliphatic heterocycles. The number of imidazole rings is 1. The molecule has 40 heavy (non-hydrogen) atoms. The number of aryl methyl sites for hydroxylation is 1. The molecule has 0 radical (unpaired) electrons. The van der Waals surface area contributed by atoms with Gasteiger partial charge in [-0.05, 0) is 41.5 Å². The van der Waals surface area contributed by atoms with Crippen molar-refractivity contribution in [2.45, 2.75) is 6.54 Å². The average Bonchev–Trinajstić information content (AvgIpc) is 3.40. The number of hydrazine groups is 1. The Balaban J connectivity index is 1.61. The van der Waals surface area contributed by atoms with Gasteiger partial charge < -0.3 is 9.47 Å². The number of benzene rings is 2. The number of hydrogen-bond donors (Lipinski definition) is 1.